The molecule has 0 saturated carbocycles. The molecule has 5 aromatic rings. The van der Waals surface area contributed by atoms with Crippen molar-refractivity contribution in [3.63, 3.8) is 0 Å². The molecule has 1 amide bonds. The predicted molar refractivity (Wildman–Crippen MR) is 158 cm³/mol. The molecule has 2 aliphatic heterocycles. The number of likely N-dealkylation sites (tertiary alicyclic amines) is 2. The molecule has 2 unspecified atom stereocenters. The summed E-state index contributed by atoms with van der Waals surface area (Å²) in [5.74, 6) is 1.58. The number of aromatic nitrogens is 3. The first-order chi connectivity index (χ1) is 18.9. The molecule has 8 heteroatoms. The van der Waals surface area contributed by atoms with Gasteiger partial charge in [-0.1, -0.05) is 13.0 Å². The number of rotatable bonds is 3. The summed E-state index contributed by atoms with van der Waals surface area (Å²) in [6, 6.07) is 16.4. The van der Waals surface area contributed by atoms with E-state index in [0.29, 0.717) is 23.2 Å². The van der Waals surface area contributed by atoms with Crippen molar-refractivity contribution in [2.45, 2.75) is 44.6 Å². The molecule has 2 saturated heterocycles. The fraction of sp³-hybridized carbons (Fsp3) is 0.387. The van der Waals surface area contributed by atoms with E-state index in [4.69, 9.17) is 10.7 Å². The number of nitrogens with zero attached hydrogens (tertiary/aromatic N) is 5. The molecule has 5 heterocycles. The number of thiazole rings is 1. The van der Waals surface area contributed by atoms with Crippen LogP contribution in [0.15, 0.2) is 54.7 Å². The summed E-state index contributed by atoms with van der Waals surface area (Å²) in [7, 11) is 2.20. The maximum Gasteiger partial charge on any atom is 0.254 e. The standard InChI is InChI=1S/C31H34N6OS/c1-19-5-9-25(21-7-10-28-24(16-21)34-30(39-28)20-11-14-35(2)15-12-20)37(18-19)31(38)22-6-8-23-27(17-22)36-13-3-4-26(36)29(32)33-23/h3-4,6-8,10,13,16-17,19-20,25H,5,9,11-12,14-15,18H2,1-2H3,(H2,32,33). The Morgan fingerprint density at radius 3 is 2.67 bits per heavy atom. The van der Waals surface area contributed by atoms with Crippen molar-refractivity contribution in [1.82, 2.24) is 24.2 Å². The number of anilines is 1. The van der Waals surface area contributed by atoms with Crippen LogP contribution in [-0.4, -0.2) is 56.8 Å². The molecule has 2 N–H and O–H groups in total. The SMILES string of the molecule is CC1CCC(c2ccc3sc(C4CCN(C)CC4)nc3c2)N(C(=O)c2ccc3nc(N)c4cccn4c3c2)C1. The minimum Gasteiger partial charge on any atom is -0.382 e. The van der Waals surface area contributed by atoms with E-state index in [0.717, 1.165) is 54.5 Å². The third-order valence-corrected chi connectivity index (χ3v) is 9.89. The van der Waals surface area contributed by atoms with Gasteiger partial charge in [-0.25, -0.2) is 9.97 Å². The Labute approximate surface area is 232 Å². The molecule has 2 aromatic carbocycles. The number of hydrogen-bond acceptors (Lipinski definition) is 6. The lowest BCUT2D eigenvalue weighted by atomic mass is 9.89. The Bertz CT molecular complexity index is 1700. The number of fused-ring (bicyclic) bond motifs is 4. The third-order valence-electron chi connectivity index (χ3n) is 8.69. The van der Waals surface area contributed by atoms with E-state index >= 15 is 0 Å². The number of carbonyl (C=O) groups is 1. The molecule has 2 aliphatic rings. The first-order valence-corrected chi connectivity index (χ1v) is 14.8. The van der Waals surface area contributed by atoms with Gasteiger partial charge in [-0.15, -0.1) is 11.3 Å². The van der Waals surface area contributed by atoms with Gasteiger partial charge >= 0.3 is 0 Å². The van der Waals surface area contributed by atoms with Crippen molar-refractivity contribution in [3.05, 3.63) is 70.9 Å². The number of nitrogens with two attached hydrogens (primary N) is 1. The highest BCUT2D eigenvalue weighted by atomic mass is 32.1. The molecular formula is C31H34N6OS. The van der Waals surface area contributed by atoms with Crippen LogP contribution in [0.3, 0.4) is 0 Å². The second-order valence-electron chi connectivity index (χ2n) is 11.5. The van der Waals surface area contributed by atoms with Crippen LogP contribution in [-0.2, 0) is 0 Å². The summed E-state index contributed by atoms with van der Waals surface area (Å²) in [6.45, 7) is 5.26. The van der Waals surface area contributed by atoms with Gasteiger partial charge in [0.25, 0.3) is 5.91 Å². The number of benzene rings is 2. The molecule has 7 nitrogen and oxygen atoms in total. The molecule has 2 fully saturated rings. The van der Waals surface area contributed by atoms with Gasteiger partial charge in [0, 0.05) is 24.2 Å². The molecule has 0 radical (unpaired) electrons. The Morgan fingerprint density at radius 2 is 1.82 bits per heavy atom. The molecule has 200 valence electrons. The quantitative estimate of drug-likeness (QED) is 0.300. The van der Waals surface area contributed by atoms with Gasteiger partial charge in [-0.3, -0.25) is 4.79 Å². The fourth-order valence-electron chi connectivity index (χ4n) is 6.42. The minimum absolute atomic E-state index is 0.0402. The molecule has 3 aromatic heterocycles. The van der Waals surface area contributed by atoms with Crippen LogP contribution in [0.2, 0.25) is 0 Å². The Kier molecular flexibility index (Phi) is 6.05. The first-order valence-electron chi connectivity index (χ1n) is 14.0. The van der Waals surface area contributed by atoms with Gasteiger partial charge in [-0.05, 0) is 99.8 Å². The Hall–Kier alpha value is -3.49. The van der Waals surface area contributed by atoms with E-state index in [9.17, 15) is 4.79 Å². The summed E-state index contributed by atoms with van der Waals surface area (Å²) >= 11 is 1.84. The molecule has 7 rings (SSSR count). The van der Waals surface area contributed by atoms with E-state index in [1.807, 2.05) is 52.3 Å². The summed E-state index contributed by atoms with van der Waals surface area (Å²) in [5.41, 5.74) is 11.6. The predicted octanol–water partition coefficient (Wildman–Crippen LogP) is 6.10. The van der Waals surface area contributed by atoms with Crippen molar-refractivity contribution in [1.29, 1.82) is 0 Å². The summed E-state index contributed by atoms with van der Waals surface area (Å²) in [6.07, 6.45) is 6.39. The lowest BCUT2D eigenvalue weighted by Gasteiger charge is -2.39. The van der Waals surface area contributed by atoms with E-state index < -0.39 is 0 Å². The monoisotopic (exact) mass is 538 g/mol. The second-order valence-corrected chi connectivity index (χ2v) is 12.5. The van der Waals surface area contributed by atoms with Crippen LogP contribution >= 0.6 is 11.3 Å². The summed E-state index contributed by atoms with van der Waals surface area (Å²) in [5, 5.41) is 1.27. The van der Waals surface area contributed by atoms with E-state index in [-0.39, 0.29) is 11.9 Å². The van der Waals surface area contributed by atoms with Gasteiger partial charge < -0.3 is 19.9 Å². The number of piperidine rings is 2. The lowest BCUT2D eigenvalue weighted by Crippen LogP contribution is -2.41. The van der Waals surface area contributed by atoms with Crippen molar-refractivity contribution in [2.24, 2.45) is 5.92 Å². The van der Waals surface area contributed by atoms with Gasteiger partial charge in [0.2, 0.25) is 0 Å². The summed E-state index contributed by atoms with van der Waals surface area (Å²) < 4.78 is 3.26. The van der Waals surface area contributed by atoms with Gasteiger partial charge in [0.05, 0.1) is 37.8 Å². The highest BCUT2D eigenvalue weighted by Crippen LogP contribution is 2.38. The second kappa shape index (κ2) is 9.61. The van der Waals surface area contributed by atoms with Crippen molar-refractivity contribution in [3.8, 4) is 0 Å². The van der Waals surface area contributed by atoms with Crippen LogP contribution < -0.4 is 5.73 Å². The van der Waals surface area contributed by atoms with Gasteiger partial charge in [0.15, 0.2) is 0 Å². The van der Waals surface area contributed by atoms with Crippen LogP contribution in [0.1, 0.15) is 65.5 Å². The lowest BCUT2D eigenvalue weighted by molar-refractivity contribution is 0.0545. The van der Waals surface area contributed by atoms with Crippen LogP contribution in [0, 0.1) is 5.92 Å². The third kappa shape index (κ3) is 4.36. The van der Waals surface area contributed by atoms with Crippen LogP contribution in [0.5, 0.6) is 0 Å². The molecule has 0 bridgehead atoms. The maximum absolute atomic E-state index is 14.1. The normalized spacial score (nSPS) is 21.3. The van der Waals surface area contributed by atoms with Crippen LogP contribution in [0.25, 0.3) is 26.8 Å². The van der Waals surface area contributed by atoms with Crippen molar-refractivity contribution < 1.29 is 4.79 Å². The number of amides is 1. The smallest absolute Gasteiger partial charge is 0.254 e. The maximum atomic E-state index is 14.1. The first kappa shape index (κ1) is 24.5. The molecule has 39 heavy (non-hydrogen) atoms. The van der Waals surface area contributed by atoms with E-state index in [1.165, 1.54) is 28.1 Å². The molecule has 0 aliphatic carbocycles. The van der Waals surface area contributed by atoms with E-state index in [1.54, 1.807) is 0 Å². The highest BCUT2D eigenvalue weighted by molar-refractivity contribution is 7.18. The van der Waals surface area contributed by atoms with Crippen molar-refractivity contribution >= 4 is 49.8 Å². The molecular weight excluding hydrogens is 504 g/mol. The Morgan fingerprint density at radius 1 is 0.974 bits per heavy atom. The van der Waals surface area contributed by atoms with Gasteiger partial charge in [-0.2, -0.15) is 0 Å². The minimum atomic E-state index is 0.0402. The molecule has 0 spiro atoms. The van der Waals surface area contributed by atoms with Crippen molar-refractivity contribution in [2.75, 3.05) is 32.4 Å². The number of hydrogen-bond donors (Lipinski definition) is 1. The summed E-state index contributed by atoms with van der Waals surface area (Å²) in [4.78, 5) is 28.2. The topological polar surface area (TPSA) is 79.8 Å². The average molecular weight is 539 g/mol. The van der Waals surface area contributed by atoms with E-state index in [2.05, 4.69) is 47.0 Å². The Balaban J connectivity index is 1.22. The zero-order valence-electron chi connectivity index (χ0n) is 22.5. The largest absolute Gasteiger partial charge is 0.382 e. The van der Waals surface area contributed by atoms with Gasteiger partial charge in [0.1, 0.15) is 5.82 Å². The number of carbonyl (C=O) groups excluding carboxylic acids is 1. The zero-order valence-corrected chi connectivity index (χ0v) is 23.3. The number of nitrogen functional groups attached to an aromatic ring is 1. The highest BCUT2D eigenvalue weighted by Gasteiger charge is 2.32. The zero-order chi connectivity index (χ0) is 26.7. The van der Waals surface area contributed by atoms with Crippen LogP contribution in [0.4, 0.5) is 5.82 Å². The fourth-order valence-corrected chi connectivity index (χ4v) is 7.54. The molecule has 2 atom stereocenters. The average Bonchev–Trinajstić information content (AvgIpc) is 3.61.